The van der Waals surface area contributed by atoms with Gasteiger partial charge in [-0.1, -0.05) is 23.9 Å². The number of hydrogen-bond donors (Lipinski definition) is 1. The van der Waals surface area contributed by atoms with Gasteiger partial charge >= 0.3 is 0 Å². The number of carbonyl (C=O) groups is 2. The second-order valence-corrected chi connectivity index (χ2v) is 10.3. The first-order valence-electron chi connectivity index (χ1n) is 10.6. The molecule has 168 valence electrons. The molecule has 3 heterocycles. The molecule has 0 bridgehead atoms. The highest BCUT2D eigenvalue weighted by Crippen LogP contribution is 2.37. The van der Waals surface area contributed by atoms with E-state index < -0.39 is 12.1 Å². The number of fused-ring (bicyclic) bond motifs is 1. The summed E-state index contributed by atoms with van der Waals surface area (Å²) in [6.07, 6.45) is 4.76. The van der Waals surface area contributed by atoms with Crippen LogP contribution in [0, 0.1) is 17.2 Å². The third-order valence-electron chi connectivity index (χ3n) is 6.16. The molecule has 4 atom stereocenters. The van der Waals surface area contributed by atoms with E-state index >= 15 is 0 Å². The molecule has 32 heavy (non-hydrogen) atoms. The van der Waals surface area contributed by atoms with Crippen LogP contribution >= 0.6 is 23.5 Å². The molecular weight excluding hydrogens is 444 g/mol. The van der Waals surface area contributed by atoms with Crippen LogP contribution in [-0.4, -0.2) is 58.9 Å². The maximum Gasteiger partial charge on any atom is 0.262 e. The first-order valence-corrected chi connectivity index (χ1v) is 12.7. The number of hydrogen-bond acceptors (Lipinski definition) is 8. The molecule has 0 saturated carbocycles. The second kappa shape index (κ2) is 10.2. The molecule has 9 heteroatoms. The fourth-order valence-corrected chi connectivity index (χ4v) is 5.75. The van der Waals surface area contributed by atoms with E-state index in [1.807, 2.05) is 37.4 Å². The first kappa shape index (κ1) is 23.1. The Hall–Kier alpha value is -2.12. The topological polar surface area (TPSA) is 94.8 Å². The minimum absolute atomic E-state index is 0.0293. The van der Waals surface area contributed by atoms with Crippen molar-refractivity contribution in [1.82, 2.24) is 10.3 Å². The summed E-state index contributed by atoms with van der Waals surface area (Å²) in [4.78, 5) is 28.5. The van der Waals surface area contributed by atoms with Crippen LogP contribution in [-0.2, 0) is 14.3 Å². The Morgan fingerprint density at radius 2 is 2.19 bits per heavy atom. The molecule has 0 radical (unpaired) electrons. The van der Waals surface area contributed by atoms with Crippen molar-refractivity contribution in [3.63, 3.8) is 0 Å². The van der Waals surface area contributed by atoms with Crippen molar-refractivity contribution < 1.29 is 14.3 Å². The standard InChI is InChI=1S/C23H26N4O3S2/c1-14(17-9-18(11-24)30-13-17)25-26-23(29)22(15-3-5-19(31-2)6-4-15)27-8-7-20-16(12-27)10-21(28)32-20/h3-6,10,17-18,20,22H,7-9,12-13H2,1-2H3,(H,26,29)/b25-14+. The minimum Gasteiger partial charge on any atom is -0.363 e. The van der Waals surface area contributed by atoms with Gasteiger partial charge in [-0.25, -0.2) is 5.43 Å². The van der Waals surface area contributed by atoms with Crippen molar-refractivity contribution in [3.8, 4) is 6.07 Å². The maximum atomic E-state index is 13.4. The molecule has 7 nitrogen and oxygen atoms in total. The predicted molar refractivity (Wildman–Crippen MR) is 126 cm³/mol. The van der Waals surface area contributed by atoms with Crippen LogP contribution in [0.3, 0.4) is 0 Å². The average Bonchev–Trinajstić information content (AvgIpc) is 3.43. The number of nitrogens with zero attached hydrogens (tertiary/aromatic N) is 3. The zero-order valence-electron chi connectivity index (χ0n) is 18.1. The maximum absolute atomic E-state index is 13.4. The number of nitriles is 1. The van der Waals surface area contributed by atoms with Gasteiger partial charge in [-0.3, -0.25) is 14.5 Å². The number of benzene rings is 1. The minimum atomic E-state index is -0.503. The van der Waals surface area contributed by atoms with Crippen LogP contribution in [0.15, 0.2) is 45.9 Å². The number of carbonyl (C=O) groups excluding carboxylic acids is 2. The molecule has 2 fully saturated rings. The zero-order chi connectivity index (χ0) is 22.7. The number of piperidine rings is 1. The van der Waals surface area contributed by atoms with Gasteiger partial charge in [0.05, 0.1) is 12.7 Å². The smallest absolute Gasteiger partial charge is 0.262 e. The van der Waals surface area contributed by atoms with Crippen molar-refractivity contribution in [3.05, 3.63) is 41.5 Å². The Bertz CT molecular complexity index is 986. The van der Waals surface area contributed by atoms with Crippen LogP contribution in [0.5, 0.6) is 0 Å². The van der Waals surface area contributed by atoms with Gasteiger partial charge in [-0.05, 0) is 55.4 Å². The molecule has 1 aromatic carbocycles. The number of amides is 1. The molecular formula is C23H26N4O3S2. The van der Waals surface area contributed by atoms with Gasteiger partial charge in [0.1, 0.15) is 12.1 Å². The summed E-state index contributed by atoms with van der Waals surface area (Å²) in [6.45, 7) is 3.62. The Morgan fingerprint density at radius 3 is 2.88 bits per heavy atom. The number of likely N-dealkylation sites (tertiary alicyclic amines) is 1. The molecule has 0 aliphatic carbocycles. The van der Waals surface area contributed by atoms with Crippen LogP contribution in [0.1, 0.15) is 31.4 Å². The van der Waals surface area contributed by atoms with Crippen molar-refractivity contribution in [2.75, 3.05) is 26.0 Å². The summed E-state index contributed by atoms with van der Waals surface area (Å²) in [5, 5.41) is 13.7. The lowest BCUT2D eigenvalue weighted by Crippen LogP contribution is -2.44. The highest BCUT2D eigenvalue weighted by molar-refractivity contribution is 8.15. The molecule has 1 N–H and O–H groups in total. The summed E-state index contributed by atoms with van der Waals surface area (Å²) in [6, 6.07) is 9.64. The highest BCUT2D eigenvalue weighted by atomic mass is 32.2. The summed E-state index contributed by atoms with van der Waals surface area (Å²) >= 11 is 3.04. The van der Waals surface area contributed by atoms with Gasteiger partial charge in [-0.2, -0.15) is 10.4 Å². The highest BCUT2D eigenvalue weighted by Gasteiger charge is 2.37. The number of nitrogens with one attached hydrogen (secondary N) is 1. The van der Waals surface area contributed by atoms with Crippen molar-refractivity contribution in [2.45, 2.75) is 42.1 Å². The van der Waals surface area contributed by atoms with Gasteiger partial charge in [0.2, 0.25) is 5.12 Å². The van der Waals surface area contributed by atoms with Gasteiger partial charge < -0.3 is 4.74 Å². The van der Waals surface area contributed by atoms with Gasteiger partial charge in [0, 0.05) is 34.9 Å². The molecule has 4 rings (SSSR count). The average molecular weight is 471 g/mol. The van der Waals surface area contributed by atoms with E-state index in [9.17, 15) is 9.59 Å². The third kappa shape index (κ3) is 5.09. The fraction of sp³-hybridized carbons (Fsp3) is 0.478. The van der Waals surface area contributed by atoms with Gasteiger partial charge in [-0.15, -0.1) is 11.8 Å². The lowest BCUT2D eigenvalue weighted by Gasteiger charge is -2.36. The zero-order valence-corrected chi connectivity index (χ0v) is 19.7. The Kier molecular flexibility index (Phi) is 7.36. The third-order valence-corrected chi connectivity index (χ3v) is 8.08. The van der Waals surface area contributed by atoms with Crippen LogP contribution in [0.2, 0.25) is 0 Å². The van der Waals surface area contributed by atoms with Crippen LogP contribution < -0.4 is 5.43 Å². The summed E-state index contributed by atoms with van der Waals surface area (Å²) in [5.74, 6) is -0.172. The number of rotatable bonds is 6. The Labute approximate surface area is 196 Å². The van der Waals surface area contributed by atoms with Gasteiger partial charge in [0.25, 0.3) is 5.91 Å². The molecule has 4 unspecified atom stereocenters. The van der Waals surface area contributed by atoms with Crippen molar-refractivity contribution in [2.24, 2.45) is 11.0 Å². The predicted octanol–water partition coefficient (Wildman–Crippen LogP) is 3.14. The lowest BCUT2D eigenvalue weighted by molar-refractivity contribution is -0.126. The van der Waals surface area contributed by atoms with E-state index in [2.05, 4.69) is 21.5 Å². The molecule has 0 aromatic heterocycles. The lowest BCUT2D eigenvalue weighted by atomic mass is 9.98. The Morgan fingerprint density at radius 1 is 1.41 bits per heavy atom. The first-order chi connectivity index (χ1) is 15.5. The van der Waals surface area contributed by atoms with E-state index in [0.717, 1.165) is 34.7 Å². The van der Waals surface area contributed by atoms with E-state index in [4.69, 9.17) is 10.00 Å². The van der Waals surface area contributed by atoms with Crippen LogP contribution in [0.25, 0.3) is 0 Å². The van der Waals surface area contributed by atoms with Crippen LogP contribution in [0.4, 0.5) is 0 Å². The molecule has 2 saturated heterocycles. The Balaban J connectivity index is 1.52. The molecule has 1 aromatic rings. The molecule has 1 amide bonds. The monoisotopic (exact) mass is 470 g/mol. The fourth-order valence-electron chi connectivity index (χ4n) is 4.32. The second-order valence-electron chi connectivity index (χ2n) is 8.19. The normalized spacial score (nSPS) is 26.9. The van der Waals surface area contributed by atoms with E-state index in [0.29, 0.717) is 19.6 Å². The van der Waals surface area contributed by atoms with Crippen molar-refractivity contribution in [1.29, 1.82) is 5.26 Å². The van der Waals surface area contributed by atoms with E-state index in [1.54, 1.807) is 17.8 Å². The van der Waals surface area contributed by atoms with Crippen molar-refractivity contribution >= 4 is 40.3 Å². The number of thioether (sulfide) groups is 2. The molecule has 0 spiro atoms. The SMILES string of the molecule is CSc1ccc(C(C(=O)N/N=C(\C)C2COC(C#N)C2)N2CCC3SC(=O)C=C3C2)cc1. The largest absolute Gasteiger partial charge is 0.363 e. The quantitative estimate of drug-likeness (QED) is 0.388. The van der Waals surface area contributed by atoms with Gasteiger partial charge in [0.15, 0.2) is 0 Å². The molecule has 3 aliphatic heterocycles. The summed E-state index contributed by atoms with van der Waals surface area (Å²) in [7, 11) is 0. The molecule has 3 aliphatic rings. The summed E-state index contributed by atoms with van der Waals surface area (Å²) in [5.41, 5.74) is 5.51. The van der Waals surface area contributed by atoms with E-state index in [-0.39, 0.29) is 22.2 Å². The summed E-state index contributed by atoms with van der Waals surface area (Å²) < 4.78 is 5.42. The number of hydrazone groups is 1. The number of ether oxygens (including phenoxy) is 1. The van der Waals surface area contributed by atoms with E-state index in [1.165, 1.54) is 11.8 Å².